The van der Waals surface area contributed by atoms with Crippen LogP contribution in [-0.4, -0.2) is 5.11 Å². The summed E-state index contributed by atoms with van der Waals surface area (Å²) in [6.07, 6.45) is -4.51. The van der Waals surface area contributed by atoms with E-state index in [9.17, 15) is 18.3 Å². The van der Waals surface area contributed by atoms with E-state index in [2.05, 4.69) is 0 Å². The lowest BCUT2D eigenvalue weighted by atomic mass is 9.92. The first-order valence-electron chi connectivity index (χ1n) is 4.32. The molecule has 84 valence electrons. The van der Waals surface area contributed by atoms with Crippen molar-refractivity contribution in [2.75, 3.05) is 5.73 Å². The summed E-state index contributed by atoms with van der Waals surface area (Å²) in [4.78, 5) is 0. The predicted octanol–water partition coefficient (Wildman–Crippen LogP) is 2.51. The Morgan fingerprint density at radius 2 is 1.67 bits per heavy atom. The van der Waals surface area contributed by atoms with E-state index >= 15 is 0 Å². The standard InChI is InChI=1S/C10H12F3NO/c1-9(2,15)7-4-3-6(14)5-8(7)10(11,12)13/h3-5,15H,14H2,1-2H3. The Kier molecular flexibility index (Phi) is 2.69. The Hall–Kier alpha value is -1.23. The molecular weight excluding hydrogens is 207 g/mol. The highest BCUT2D eigenvalue weighted by Crippen LogP contribution is 2.37. The molecule has 0 aliphatic heterocycles. The molecule has 5 heteroatoms. The molecule has 0 atom stereocenters. The van der Waals surface area contributed by atoms with Gasteiger partial charge in [0.05, 0.1) is 11.2 Å². The molecule has 0 spiro atoms. The Labute approximate surface area is 85.5 Å². The van der Waals surface area contributed by atoms with Crippen molar-refractivity contribution >= 4 is 5.69 Å². The summed E-state index contributed by atoms with van der Waals surface area (Å²) in [7, 11) is 0. The fourth-order valence-electron chi connectivity index (χ4n) is 1.33. The first-order chi connectivity index (χ1) is 6.62. The molecule has 0 radical (unpaired) electrons. The van der Waals surface area contributed by atoms with Crippen LogP contribution < -0.4 is 5.73 Å². The molecule has 1 aromatic rings. The number of nitrogens with two attached hydrogens (primary N) is 1. The van der Waals surface area contributed by atoms with Gasteiger partial charge in [0.2, 0.25) is 0 Å². The number of nitrogen functional groups attached to an aromatic ring is 1. The maximum atomic E-state index is 12.6. The average molecular weight is 219 g/mol. The van der Waals surface area contributed by atoms with Gasteiger partial charge in [0, 0.05) is 5.69 Å². The van der Waals surface area contributed by atoms with Crippen molar-refractivity contribution in [3.05, 3.63) is 29.3 Å². The van der Waals surface area contributed by atoms with Crippen molar-refractivity contribution in [1.29, 1.82) is 0 Å². The molecule has 0 saturated heterocycles. The predicted molar refractivity (Wildman–Crippen MR) is 51.1 cm³/mol. The first kappa shape index (κ1) is 11.8. The molecular formula is C10H12F3NO. The molecule has 2 nitrogen and oxygen atoms in total. The molecule has 15 heavy (non-hydrogen) atoms. The lowest BCUT2D eigenvalue weighted by molar-refractivity contribution is -0.140. The normalized spacial score (nSPS) is 12.9. The molecule has 0 heterocycles. The monoisotopic (exact) mass is 219 g/mol. The van der Waals surface area contributed by atoms with Crippen molar-refractivity contribution in [3.63, 3.8) is 0 Å². The van der Waals surface area contributed by atoms with Crippen LogP contribution in [-0.2, 0) is 11.8 Å². The minimum Gasteiger partial charge on any atom is -0.399 e. The first-order valence-corrected chi connectivity index (χ1v) is 4.32. The third kappa shape index (κ3) is 2.62. The summed E-state index contributed by atoms with van der Waals surface area (Å²) in [6.45, 7) is 2.60. The van der Waals surface area contributed by atoms with Crippen LogP contribution in [0.15, 0.2) is 18.2 Å². The number of aliphatic hydroxyl groups is 1. The van der Waals surface area contributed by atoms with Crippen LogP contribution >= 0.6 is 0 Å². The number of rotatable bonds is 1. The van der Waals surface area contributed by atoms with Crippen molar-refractivity contribution < 1.29 is 18.3 Å². The third-order valence-electron chi connectivity index (χ3n) is 2.01. The van der Waals surface area contributed by atoms with Crippen LogP contribution in [0, 0.1) is 0 Å². The zero-order chi connectivity index (χ0) is 11.9. The van der Waals surface area contributed by atoms with Gasteiger partial charge in [0.15, 0.2) is 0 Å². The van der Waals surface area contributed by atoms with E-state index in [1.165, 1.54) is 26.0 Å². The molecule has 0 bridgehead atoms. The minimum atomic E-state index is -4.51. The number of alkyl halides is 3. The van der Waals surface area contributed by atoms with Gasteiger partial charge in [-0.3, -0.25) is 0 Å². The second kappa shape index (κ2) is 3.41. The lowest BCUT2D eigenvalue weighted by Crippen LogP contribution is -2.22. The average Bonchev–Trinajstić information content (AvgIpc) is 2.00. The highest BCUT2D eigenvalue weighted by molar-refractivity contribution is 5.47. The van der Waals surface area contributed by atoms with Gasteiger partial charge in [-0.25, -0.2) is 0 Å². The topological polar surface area (TPSA) is 46.2 Å². The molecule has 0 saturated carbocycles. The maximum absolute atomic E-state index is 12.6. The molecule has 0 amide bonds. The highest BCUT2D eigenvalue weighted by Gasteiger charge is 2.37. The van der Waals surface area contributed by atoms with E-state index in [0.717, 1.165) is 6.07 Å². The molecule has 0 aromatic heterocycles. The molecule has 0 aliphatic carbocycles. The van der Waals surface area contributed by atoms with E-state index < -0.39 is 17.3 Å². The highest BCUT2D eigenvalue weighted by atomic mass is 19.4. The Morgan fingerprint density at radius 1 is 1.13 bits per heavy atom. The van der Waals surface area contributed by atoms with E-state index in [0.29, 0.717) is 0 Å². The van der Waals surface area contributed by atoms with Gasteiger partial charge in [0.25, 0.3) is 0 Å². The fourth-order valence-corrected chi connectivity index (χ4v) is 1.33. The largest absolute Gasteiger partial charge is 0.416 e. The van der Waals surface area contributed by atoms with E-state index in [4.69, 9.17) is 5.73 Å². The smallest absolute Gasteiger partial charge is 0.399 e. The van der Waals surface area contributed by atoms with Gasteiger partial charge in [-0.05, 0) is 31.5 Å². The summed E-state index contributed by atoms with van der Waals surface area (Å²) in [6, 6.07) is 3.36. The van der Waals surface area contributed by atoms with Crippen LogP contribution in [0.25, 0.3) is 0 Å². The number of hydrogen-bond acceptors (Lipinski definition) is 2. The van der Waals surface area contributed by atoms with Gasteiger partial charge in [-0.2, -0.15) is 13.2 Å². The van der Waals surface area contributed by atoms with Gasteiger partial charge in [-0.1, -0.05) is 6.07 Å². The fraction of sp³-hybridized carbons (Fsp3) is 0.400. The number of halogens is 3. The summed E-state index contributed by atoms with van der Waals surface area (Å²) < 4.78 is 37.8. The molecule has 1 aromatic carbocycles. The SMILES string of the molecule is CC(C)(O)c1ccc(N)cc1C(F)(F)F. The molecule has 0 aliphatic rings. The van der Waals surface area contributed by atoms with Gasteiger partial charge in [0.1, 0.15) is 0 Å². The van der Waals surface area contributed by atoms with Gasteiger partial charge in [-0.15, -0.1) is 0 Å². The third-order valence-corrected chi connectivity index (χ3v) is 2.01. The number of benzene rings is 1. The van der Waals surface area contributed by atoms with Gasteiger partial charge >= 0.3 is 6.18 Å². The number of anilines is 1. The van der Waals surface area contributed by atoms with Crippen LogP contribution in [0.4, 0.5) is 18.9 Å². The zero-order valence-electron chi connectivity index (χ0n) is 8.39. The number of hydrogen-bond donors (Lipinski definition) is 2. The molecule has 3 N–H and O–H groups in total. The van der Waals surface area contributed by atoms with Crippen LogP contribution in [0.2, 0.25) is 0 Å². The summed E-state index contributed by atoms with van der Waals surface area (Å²) in [5.74, 6) is 0. The van der Waals surface area contributed by atoms with Crippen molar-refractivity contribution in [1.82, 2.24) is 0 Å². The van der Waals surface area contributed by atoms with E-state index in [-0.39, 0.29) is 11.3 Å². The van der Waals surface area contributed by atoms with Crippen molar-refractivity contribution in [2.24, 2.45) is 0 Å². The van der Waals surface area contributed by atoms with Crippen LogP contribution in [0.1, 0.15) is 25.0 Å². The van der Waals surface area contributed by atoms with E-state index in [1.54, 1.807) is 0 Å². The summed E-state index contributed by atoms with van der Waals surface area (Å²) in [5.41, 5.74) is 2.70. The summed E-state index contributed by atoms with van der Waals surface area (Å²) in [5, 5.41) is 9.58. The van der Waals surface area contributed by atoms with E-state index in [1.807, 2.05) is 0 Å². The molecule has 0 unspecified atom stereocenters. The second-order valence-corrected chi connectivity index (χ2v) is 3.86. The van der Waals surface area contributed by atoms with Crippen molar-refractivity contribution in [2.45, 2.75) is 25.6 Å². The second-order valence-electron chi connectivity index (χ2n) is 3.86. The van der Waals surface area contributed by atoms with Crippen LogP contribution in [0.3, 0.4) is 0 Å². The van der Waals surface area contributed by atoms with Crippen LogP contribution in [0.5, 0.6) is 0 Å². The minimum absolute atomic E-state index is 0.0234. The Bertz CT molecular complexity index is 366. The summed E-state index contributed by atoms with van der Waals surface area (Å²) >= 11 is 0. The molecule has 0 fully saturated rings. The Balaban J connectivity index is 3.41. The lowest BCUT2D eigenvalue weighted by Gasteiger charge is -2.23. The van der Waals surface area contributed by atoms with Gasteiger partial charge < -0.3 is 10.8 Å². The quantitative estimate of drug-likeness (QED) is 0.713. The molecule has 1 rings (SSSR count). The maximum Gasteiger partial charge on any atom is 0.416 e. The zero-order valence-corrected chi connectivity index (χ0v) is 8.39. The Morgan fingerprint density at radius 3 is 2.07 bits per heavy atom. The van der Waals surface area contributed by atoms with Crippen molar-refractivity contribution in [3.8, 4) is 0 Å².